The Bertz CT molecular complexity index is 1010. The van der Waals surface area contributed by atoms with Crippen LogP contribution in [-0.2, 0) is 10.0 Å². The van der Waals surface area contributed by atoms with Gasteiger partial charge in [-0.05, 0) is 62.6 Å². The van der Waals surface area contributed by atoms with E-state index in [4.69, 9.17) is 0 Å². The zero-order chi connectivity index (χ0) is 21.2. The van der Waals surface area contributed by atoms with Gasteiger partial charge in [-0.25, -0.2) is 17.2 Å². The van der Waals surface area contributed by atoms with Crippen molar-refractivity contribution in [3.8, 4) is 0 Å². The fraction of sp³-hybridized carbons (Fsp3) is 0.381. The molecule has 1 heterocycles. The van der Waals surface area contributed by atoms with Gasteiger partial charge in [-0.15, -0.1) is 0 Å². The molecule has 5 nitrogen and oxygen atoms in total. The molecule has 1 fully saturated rings. The van der Waals surface area contributed by atoms with Gasteiger partial charge in [0.25, 0.3) is 5.91 Å². The second kappa shape index (κ2) is 8.59. The third kappa shape index (κ3) is 4.64. The number of nitrogens with one attached hydrogen (secondary N) is 1. The normalized spacial score (nSPS) is 19.0. The topological polar surface area (TPSA) is 66.5 Å². The lowest BCUT2D eigenvalue weighted by atomic mass is 10.1. The molecule has 2 aromatic carbocycles. The molecule has 2 atom stereocenters. The van der Waals surface area contributed by atoms with Crippen LogP contribution in [0.15, 0.2) is 47.4 Å². The Labute approximate surface area is 169 Å². The lowest BCUT2D eigenvalue weighted by molar-refractivity contribution is 0.0939. The quantitative estimate of drug-likeness (QED) is 0.792. The van der Waals surface area contributed by atoms with Gasteiger partial charge >= 0.3 is 0 Å². The summed E-state index contributed by atoms with van der Waals surface area (Å²) < 4.78 is 54.0. The van der Waals surface area contributed by atoms with E-state index in [1.165, 1.54) is 34.6 Å². The molecule has 1 amide bonds. The van der Waals surface area contributed by atoms with E-state index in [1.807, 2.05) is 6.92 Å². The number of carbonyl (C=O) groups excluding carboxylic acids is 1. The van der Waals surface area contributed by atoms with Crippen molar-refractivity contribution in [3.63, 3.8) is 0 Å². The van der Waals surface area contributed by atoms with Crippen LogP contribution in [0, 0.1) is 11.6 Å². The molecule has 0 aliphatic carbocycles. The zero-order valence-electron chi connectivity index (χ0n) is 16.4. The number of rotatable bonds is 5. The summed E-state index contributed by atoms with van der Waals surface area (Å²) in [7, 11) is -3.70. The second-order valence-electron chi connectivity index (χ2n) is 7.36. The van der Waals surface area contributed by atoms with E-state index in [0.29, 0.717) is 12.1 Å². The van der Waals surface area contributed by atoms with Gasteiger partial charge in [0, 0.05) is 18.2 Å². The molecule has 1 N–H and O–H groups in total. The van der Waals surface area contributed by atoms with Crippen molar-refractivity contribution in [1.29, 1.82) is 0 Å². The third-order valence-electron chi connectivity index (χ3n) is 5.24. The predicted molar refractivity (Wildman–Crippen MR) is 106 cm³/mol. The molecule has 0 bridgehead atoms. The molecular formula is C21H24F2N2O3S. The Morgan fingerprint density at radius 1 is 1.14 bits per heavy atom. The summed E-state index contributed by atoms with van der Waals surface area (Å²) in [6.45, 7) is 3.99. The van der Waals surface area contributed by atoms with Gasteiger partial charge in [0.2, 0.25) is 10.0 Å². The number of halogens is 2. The van der Waals surface area contributed by atoms with Crippen molar-refractivity contribution < 1.29 is 22.0 Å². The van der Waals surface area contributed by atoms with E-state index in [0.717, 1.165) is 31.4 Å². The lowest BCUT2D eigenvalue weighted by Gasteiger charge is -2.32. The highest BCUT2D eigenvalue weighted by Crippen LogP contribution is 2.26. The van der Waals surface area contributed by atoms with E-state index >= 15 is 0 Å². The summed E-state index contributed by atoms with van der Waals surface area (Å²) in [6, 6.07) is 8.63. The Hall–Kier alpha value is -2.32. The number of amides is 1. The van der Waals surface area contributed by atoms with E-state index in [2.05, 4.69) is 5.32 Å². The van der Waals surface area contributed by atoms with Crippen LogP contribution >= 0.6 is 0 Å². The van der Waals surface area contributed by atoms with Crippen LogP contribution in [0.2, 0.25) is 0 Å². The summed E-state index contributed by atoms with van der Waals surface area (Å²) in [5, 5.41) is 2.69. The first-order valence-corrected chi connectivity index (χ1v) is 11.0. The van der Waals surface area contributed by atoms with Gasteiger partial charge in [0.15, 0.2) is 11.6 Å². The van der Waals surface area contributed by atoms with Crippen molar-refractivity contribution >= 4 is 15.9 Å². The maximum Gasteiger partial charge on any atom is 0.251 e. The Kier molecular flexibility index (Phi) is 6.33. The average molecular weight is 422 g/mol. The van der Waals surface area contributed by atoms with Gasteiger partial charge in [0.05, 0.1) is 10.9 Å². The first kappa shape index (κ1) is 21.4. The number of sulfonamides is 1. The van der Waals surface area contributed by atoms with Crippen molar-refractivity contribution in [2.24, 2.45) is 0 Å². The van der Waals surface area contributed by atoms with Crippen molar-refractivity contribution in [3.05, 3.63) is 65.2 Å². The maximum atomic E-state index is 13.4. The molecule has 8 heteroatoms. The largest absolute Gasteiger partial charge is 0.346 e. The number of carbonyl (C=O) groups is 1. The number of benzene rings is 2. The van der Waals surface area contributed by atoms with E-state index in [-0.39, 0.29) is 16.5 Å². The summed E-state index contributed by atoms with van der Waals surface area (Å²) in [5.74, 6) is -2.45. The molecule has 1 saturated heterocycles. The molecule has 156 valence electrons. The van der Waals surface area contributed by atoms with Crippen LogP contribution < -0.4 is 5.32 Å². The SMILES string of the molecule is CC(NC(=O)c1cccc(S(=O)(=O)N2CCCCC2C)c1)c1ccc(F)c(F)c1. The highest BCUT2D eigenvalue weighted by molar-refractivity contribution is 7.89. The Morgan fingerprint density at radius 2 is 1.90 bits per heavy atom. The van der Waals surface area contributed by atoms with E-state index < -0.39 is 33.6 Å². The van der Waals surface area contributed by atoms with Crippen LogP contribution in [-0.4, -0.2) is 31.2 Å². The van der Waals surface area contributed by atoms with Crippen LogP contribution in [0.4, 0.5) is 8.78 Å². The molecular weight excluding hydrogens is 398 g/mol. The Balaban J connectivity index is 1.79. The van der Waals surface area contributed by atoms with Gasteiger partial charge in [-0.2, -0.15) is 4.31 Å². The second-order valence-corrected chi connectivity index (χ2v) is 9.25. The number of nitrogens with zero attached hydrogens (tertiary/aromatic N) is 1. The van der Waals surface area contributed by atoms with Crippen molar-refractivity contribution in [1.82, 2.24) is 9.62 Å². The number of hydrogen-bond donors (Lipinski definition) is 1. The average Bonchev–Trinajstić information content (AvgIpc) is 2.70. The van der Waals surface area contributed by atoms with Gasteiger partial charge in [0.1, 0.15) is 0 Å². The molecule has 2 unspecified atom stereocenters. The predicted octanol–water partition coefficient (Wildman–Crippen LogP) is 4.02. The van der Waals surface area contributed by atoms with Gasteiger partial charge < -0.3 is 5.32 Å². The molecule has 3 rings (SSSR count). The number of piperidine rings is 1. The molecule has 1 aliphatic rings. The smallest absolute Gasteiger partial charge is 0.251 e. The molecule has 0 radical (unpaired) electrons. The minimum absolute atomic E-state index is 0.0689. The summed E-state index contributed by atoms with van der Waals surface area (Å²) in [5.41, 5.74) is 0.591. The molecule has 29 heavy (non-hydrogen) atoms. The van der Waals surface area contributed by atoms with Crippen LogP contribution in [0.5, 0.6) is 0 Å². The third-order valence-corrected chi connectivity index (χ3v) is 7.25. The van der Waals surface area contributed by atoms with Crippen molar-refractivity contribution in [2.45, 2.75) is 50.1 Å². The lowest BCUT2D eigenvalue weighted by Crippen LogP contribution is -2.42. The summed E-state index contributed by atoms with van der Waals surface area (Å²) in [6.07, 6.45) is 2.62. The molecule has 1 aliphatic heterocycles. The first-order chi connectivity index (χ1) is 13.7. The highest BCUT2D eigenvalue weighted by Gasteiger charge is 2.31. The zero-order valence-corrected chi connectivity index (χ0v) is 17.2. The van der Waals surface area contributed by atoms with E-state index in [1.54, 1.807) is 6.92 Å². The minimum Gasteiger partial charge on any atom is -0.346 e. The molecule has 2 aromatic rings. The summed E-state index contributed by atoms with van der Waals surface area (Å²) in [4.78, 5) is 12.7. The van der Waals surface area contributed by atoms with E-state index in [9.17, 15) is 22.0 Å². The highest BCUT2D eigenvalue weighted by atomic mass is 32.2. The fourth-order valence-electron chi connectivity index (χ4n) is 3.51. The number of hydrogen-bond acceptors (Lipinski definition) is 3. The van der Waals surface area contributed by atoms with Gasteiger partial charge in [-0.1, -0.05) is 18.6 Å². The molecule has 0 aromatic heterocycles. The van der Waals surface area contributed by atoms with Crippen LogP contribution in [0.3, 0.4) is 0 Å². The Morgan fingerprint density at radius 3 is 2.59 bits per heavy atom. The standard InChI is InChI=1S/C21H24F2N2O3S/c1-14-6-3-4-11-25(14)29(27,28)18-8-5-7-17(12-18)21(26)24-15(2)16-9-10-19(22)20(23)13-16/h5,7-10,12-15H,3-4,6,11H2,1-2H3,(H,24,26). The van der Waals surface area contributed by atoms with Crippen LogP contribution in [0.25, 0.3) is 0 Å². The first-order valence-electron chi connectivity index (χ1n) is 9.58. The summed E-state index contributed by atoms with van der Waals surface area (Å²) >= 11 is 0. The van der Waals surface area contributed by atoms with Crippen LogP contribution in [0.1, 0.15) is 55.1 Å². The van der Waals surface area contributed by atoms with Gasteiger partial charge in [-0.3, -0.25) is 4.79 Å². The monoisotopic (exact) mass is 422 g/mol. The maximum absolute atomic E-state index is 13.4. The fourth-order valence-corrected chi connectivity index (χ4v) is 5.25. The molecule has 0 saturated carbocycles. The minimum atomic E-state index is -3.70. The molecule has 0 spiro atoms. The van der Waals surface area contributed by atoms with Crippen molar-refractivity contribution in [2.75, 3.05) is 6.54 Å².